The Hall–Kier alpha value is -1.66. The molecule has 1 aromatic carbocycles. The fourth-order valence-electron chi connectivity index (χ4n) is 2.22. The van der Waals surface area contributed by atoms with Crippen molar-refractivity contribution in [3.8, 4) is 0 Å². The highest BCUT2D eigenvalue weighted by atomic mass is 79.9. The topological polar surface area (TPSA) is 72.8 Å². The van der Waals surface area contributed by atoms with Crippen LogP contribution in [0.25, 0.3) is 6.08 Å². The third-order valence-corrected chi connectivity index (χ3v) is 4.19. The number of benzene rings is 1. The molecule has 1 saturated heterocycles. The summed E-state index contributed by atoms with van der Waals surface area (Å²) in [5.41, 5.74) is -0.571. The summed E-state index contributed by atoms with van der Waals surface area (Å²) in [4.78, 5) is 24.0. The molecule has 1 aliphatic heterocycles. The van der Waals surface area contributed by atoms with Crippen molar-refractivity contribution in [1.29, 1.82) is 0 Å². The molecule has 0 radical (unpaired) electrons. The Labute approximate surface area is 149 Å². The molecule has 1 atom stereocenters. The van der Waals surface area contributed by atoms with E-state index in [1.54, 1.807) is 26.8 Å². The summed E-state index contributed by atoms with van der Waals surface area (Å²) in [6, 6.07) is 7.47. The van der Waals surface area contributed by atoms with Gasteiger partial charge < -0.3 is 14.6 Å². The highest BCUT2D eigenvalue weighted by Crippen LogP contribution is 2.33. The molecule has 1 N–H and O–H groups in total. The molecule has 6 heteroatoms. The average Bonchev–Trinajstić information content (AvgIpc) is 2.83. The number of carbonyl (C=O) groups excluding carboxylic acids is 2. The normalized spacial score (nSPS) is 22.5. The van der Waals surface area contributed by atoms with Crippen LogP contribution in [0.2, 0.25) is 0 Å². The van der Waals surface area contributed by atoms with Crippen molar-refractivity contribution in [2.75, 3.05) is 13.2 Å². The molecule has 1 unspecified atom stereocenters. The number of aliphatic hydroxyl groups excluding tert-OH is 1. The number of aliphatic hydroxyl groups is 1. The van der Waals surface area contributed by atoms with Crippen molar-refractivity contribution in [1.82, 2.24) is 0 Å². The van der Waals surface area contributed by atoms with Crippen LogP contribution in [0.1, 0.15) is 32.8 Å². The van der Waals surface area contributed by atoms with Gasteiger partial charge in [-0.3, -0.25) is 4.79 Å². The number of esters is 2. The zero-order valence-corrected chi connectivity index (χ0v) is 15.6. The molecule has 0 amide bonds. The molecule has 2 rings (SSSR count). The van der Waals surface area contributed by atoms with Gasteiger partial charge in [-0.15, -0.1) is 0 Å². The maximum absolute atomic E-state index is 12.1. The van der Waals surface area contributed by atoms with E-state index in [0.717, 1.165) is 10.0 Å². The summed E-state index contributed by atoms with van der Waals surface area (Å²) in [5.74, 6) is -0.907. The van der Waals surface area contributed by atoms with Gasteiger partial charge in [0.1, 0.15) is 6.61 Å². The molecule has 0 aliphatic carbocycles. The second-order valence-electron chi connectivity index (χ2n) is 6.95. The van der Waals surface area contributed by atoms with Crippen LogP contribution < -0.4 is 0 Å². The maximum Gasteiger partial charge on any atom is 0.334 e. The van der Waals surface area contributed by atoms with E-state index < -0.39 is 29.6 Å². The van der Waals surface area contributed by atoms with Crippen LogP contribution in [0.5, 0.6) is 0 Å². The van der Waals surface area contributed by atoms with E-state index >= 15 is 0 Å². The molecule has 1 aromatic rings. The van der Waals surface area contributed by atoms with E-state index in [9.17, 15) is 14.7 Å². The number of ether oxygens (including phenoxy) is 2. The predicted molar refractivity (Wildman–Crippen MR) is 93.1 cm³/mol. The van der Waals surface area contributed by atoms with Gasteiger partial charge in [-0.1, -0.05) is 28.1 Å². The Morgan fingerprint density at radius 1 is 1.38 bits per heavy atom. The predicted octanol–water partition coefficient (Wildman–Crippen LogP) is 3.10. The number of rotatable bonds is 4. The second-order valence-corrected chi connectivity index (χ2v) is 7.87. The minimum Gasteiger partial charge on any atom is -0.461 e. The van der Waals surface area contributed by atoms with Gasteiger partial charge in [0, 0.05) is 16.5 Å². The first-order valence-corrected chi connectivity index (χ1v) is 8.42. The molecule has 130 valence electrons. The molecule has 1 fully saturated rings. The first-order valence-electron chi connectivity index (χ1n) is 7.63. The lowest BCUT2D eigenvalue weighted by molar-refractivity contribution is -0.171. The number of halogens is 1. The molecular weight excluding hydrogens is 376 g/mol. The molecular formula is C18H21BrO5. The summed E-state index contributed by atoms with van der Waals surface area (Å²) in [6.07, 6.45) is 1.91. The summed E-state index contributed by atoms with van der Waals surface area (Å²) in [6.45, 7) is 4.64. The molecule has 0 aromatic heterocycles. The minimum absolute atomic E-state index is 0.164. The van der Waals surface area contributed by atoms with Crippen molar-refractivity contribution in [2.45, 2.75) is 32.8 Å². The average molecular weight is 397 g/mol. The quantitative estimate of drug-likeness (QED) is 0.625. The van der Waals surface area contributed by atoms with E-state index in [1.165, 1.54) is 0 Å². The van der Waals surface area contributed by atoms with E-state index in [1.807, 2.05) is 24.3 Å². The van der Waals surface area contributed by atoms with Crippen molar-refractivity contribution >= 4 is 33.9 Å². The first kappa shape index (κ1) is 18.7. The van der Waals surface area contributed by atoms with Gasteiger partial charge in [-0.25, -0.2) is 4.79 Å². The largest absolute Gasteiger partial charge is 0.461 e. The van der Waals surface area contributed by atoms with Crippen molar-refractivity contribution < 1.29 is 24.2 Å². The Kier molecular flexibility index (Phi) is 5.50. The number of hydrogen-bond acceptors (Lipinski definition) is 5. The van der Waals surface area contributed by atoms with Crippen LogP contribution in [-0.4, -0.2) is 35.9 Å². The smallest absolute Gasteiger partial charge is 0.334 e. The fourth-order valence-corrected chi connectivity index (χ4v) is 2.48. The van der Waals surface area contributed by atoms with Gasteiger partial charge in [-0.05, 0) is 44.5 Å². The highest BCUT2D eigenvalue weighted by molar-refractivity contribution is 9.10. The Bertz CT molecular complexity index is 657. The van der Waals surface area contributed by atoms with E-state index in [0.29, 0.717) is 5.57 Å². The lowest BCUT2D eigenvalue weighted by Crippen LogP contribution is -2.40. The summed E-state index contributed by atoms with van der Waals surface area (Å²) >= 11 is 3.36. The Balaban J connectivity index is 2.12. The fraction of sp³-hybridized carbons (Fsp3) is 0.444. The van der Waals surface area contributed by atoms with Crippen LogP contribution in [-0.2, 0) is 19.1 Å². The highest BCUT2D eigenvalue weighted by Gasteiger charge is 2.45. The SMILES string of the molecule is CC(C)(C)C(=O)OCC1(CO)C/C(=C\c2ccc(Br)cc2)C(=O)O1. The molecule has 0 bridgehead atoms. The van der Waals surface area contributed by atoms with Crippen molar-refractivity contribution in [2.24, 2.45) is 5.41 Å². The van der Waals surface area contributed by atoms with Crippen LogP contribution in [0, 0.1) is 5.41 Å². The lowest BCUT2D eigenvalue weighted by Gasteiger charge is -2.26. The van der Waals surface area contributed by atoms with Gasteiger partial charge in [0.15, 0.2) is 5.60 Å². The molecule has 1 aliphatic rings. The standard InChI is InChI=1S/C18H21BrO5/c1-17(2,3)16(22)23-11-18(10-20)9-13(15(21)24-18)8-12-4-6-14(19)7-5-12/h4-8,20H,9-11H2,1-3H3/b13-8+. The zero-order chi connectivity index (χ0) is 18.0. The van der Waals surface area contributed by atoms with Gasteiger partial charge in [0.2, 0.25) is 0 Å². The molecule has 0 saturated carbocycles. The van der Waals surface area contributed by atoms with E-state index in [2.05, 4.69) is 15.9 Å². The maximum atomic E-state index is 12.1. The van der Waals surface area contributed by atoms with Gasteiger partial charge in [0.05, 0.1) is 12.0 Å². The van der Waals surface area contributed by atoms with Crippen molar-refractivity contribution in [3.63, 3.8) is 0 Å². The van der Waals surface area contributed by atoms with Gasteiger partial charge >= 0.3 is 11.9 Å². The van der Waals surface area contributed by atoms with Crippen LogP contribution in [0.3, 0.4) is 0 Å². The lowest BCUT2D eigenvalue weighted by atomic mass is 9.96. The third-order valence-electron chi connectivity index (χ3n) is 3.66. The van der Waals surface area contributed by atoms with Crippen LogP contribution in [0.4, 0.5) is 0 Å². The Morgan fingerprint density at radius 3 is 2.54 bits per heavy atom. The van der Waals surface area contributed by atoms with E-state index in [4.69, 9.17) is 9.47 Å². The third kappa shape index (κ3) is 4.45. The second kappa shape index (κ2) is 7.07. The van der Waals surface area contributed by atoms with Gasteiger partial charge in [0.25, 0.3) is 0 Å². The zero-order valence-electron chi connectivity index (χ0n) is 14.0. The van der Waals surface area contributed by atoms with Crippen LogP contribution >= 0.6 is 15.9 Å². The minimum atomic E-state index is -1.21. The number of hydrogen-bond donors (Lipinski definition) is 1. The van der Waals surface area contributed by atoms with Gasteiger partial charge in [-0.2, -0.15) is 0 Å². The number of carbonyl (C=O) groups is 2. The Morgan fingerprint density at radius 2 is 2.00 bits per heavy atom. The molecule has 5 nitrogen and oxygen atoms in total. The first-order chi connectivity index (χ1) is 11.1. The monoisotopic (exact) mass is 396 g/mol. The summed E-state index contributed by atoms with van der Waals surface area (Å²) in [7, 11) is 0. The molecule has 0 spiro atoms. The molecule has 1 heterocycles. The van der Waals surface area contributed by atoms with Crippen molar-refractivity contribution in [3.05, 3.63) is 39.9 Å². The van der Waals surface area contributed by atoms with Crippen LogP contribution in [0.15, 0.2) is 34.3 Å². The summed E-state index contributed by atoms with van der Waals surface area (Å²) in [5, 5.41) is 9.67. The van der Waals surface area contributed by atoms with E-state index in [-0.39, 0.29) is 13.0 Å². The number of cyclic esters (lactones) is 1. The summed E-state index contributed by atoms with van der Waals surface area (Å²) < 4.78 is 11.5. The molecule has 24 heavy (non-hydrogen) atoms.